The number of carbonyl (C=O) groups excluding carboxylic acids is 1. The van der Waals surface area contributed by atoms with Crippen molar-refractivity contribution in [1.82, 2.24) is 15.2 Å². The number of hydrogen-bond acceptors (Lipinski definition) is 4. The lowest BCUT2D eigenvalue weighted by Crippen LogP contribution is -2.48. The van der Waals surface area contributed by atoms with Gasteiger partial charge < -0.3 is 10.2 Å². The predicted molar refractivity (Wildman–Crippen MR) is 78.7 cm³/mol. The van der Waals surface area contributed by atoms with E-state index in [1.54, 1.807) is 5.51 Å². The van der Waals surface area contributed by atoms with E-state index in [9.17, 15) is 4.79 Å². The van der Waals surface area contributed by atoms with Gasteiger partial charge in [-0.05, 0) is 40.2 Å². The van der Waals surface area contributed by atoms with E-state index in [1.165, 1.54) is 24.2 Å². The maximum Gasteiger partial charge on any atom is 0.266 e. The second-order valence-corrected chi connectivity index (χ2v) is 6.32. The van der Waals surface area contributed by atoms with Gasteiger partial charge in [0.05, 0.1) is 11.2 Å². The van der Waals surface area contributed by atoms with Crippen molar-refractivity contribution in [1.29, 1.82) is 0 Å². The van der Waals surface area contributed by atoms with Crippen LogP contribution in [0, 0.1) is 6.92 Å². The van der Waals surface area contributed by atoms with E-state index in [-0.39, 0.29) is 11.9 Å². The summed E-state index contributed by atoms with van der Waals surface area (Å²) < 4.78 is 0. The molecule has 0 radical (unpaired) electrons. The third-order valence-corrected chi connectivity index (χ3v) is 4.57. The number of aromatic nitrogens is 1. The van der Waals surface area contributed by atoms with Crippen LogP contribution in [0.15, 0.2) is 5.51 Å². The van der Waals surface area contributed by atoms with E-state index in [0.717, 1.165) is 30.1 Å². The molecule has 1 unspecified atom stereocenters. The number of carbonyl (C=O) groups is 1. The van der Waals surface area contributed by atoms with Gasteiger partial charge in [0.25, 0.3) is 5.91 Å². The number of nitrogens with zero attached hydrogens (tertiary/aromatic N) is 2. The van der Waals surface area contributed by atoms with E-state index >= 15 is 0 Å². The number of amides is 1. The van der Waals surface area contributed by atoms with Gasteiger partial charge >= 0.3 is 0 Å². The lowest BCUT2D eigenvalue weighted by Gasteiger charge is -2.33. The first-order chi connectivity index (χ1) is 9.09. The minimum absolute atomic E-state index is 0.127. The maximum absolute atomic E-state index is 12.6. The first-order valence-corrected chi connectivity index (χ1v) is 7.92. The van der Waals surface area contributed by atoms with Crippen LogP contribution in [0.4, 0.5) is 0 Å². The fraction of sp³-hybridized carbons (Fsp3) is 0.714. The first-order valence-electron chi connectivity index (χ1n) is 7.04. The summed E-state index contributed by atoms with van der Waals surface area (Å²) in [7, 11) is 0. The van der Waals surface area contributed by atoms with Crippen molar-refractivity contribution < 1.29 is 4.79 Å². The van der Waals surface area contributed by atoms with Crippen LogP contribution in [0.2, 0.25) is 0 Å². The highest BCUT2D eigenvalue weighted by molar-refractivity contribution is 7.11. The zero-order valence-corrected chi connectivity index (χ0v) is 12.8. The number of rotatable bonds is 4. The SMILES string of the molecule is Cc1ncsc1C(=O)N(CC1CCCCN1)C(C)C. The van der Waals surface area contributed by atoms with Crippen LogP contribution in [0.1, 0.15) is 48.5 Å². The molecular weight excluding hydrogens is 258 g/mol. The monoisotopic (exact) mass is 281 g/mol. The molecule has 1 aromatic heterocycles. The highest BCUT2D eigenvalue weighted by Gasteiger charge is 2.25. The van der Waals surface area contributed by atoms with E-state index in [0.29, 0.717) is 6.04 Å². The zero-order chi connectivity index (χ0) is 13.8. The molecule has 0 spiro atoms. The van der Waals surface area contributed by atoms with E-state index in [1.807, 2.05) is 11.8 Å². The number of nitrogens with one attached hydrogen (secondary N) is 1. The molecule has 2 heterocycles. The second-order valence-electron chi connectivity index (χ2n) is 5.46. The molecule has 1 atom stereocenters. The molecule has 2 rings (SSSR count). The van der Waals surface area contributed by atoms with Crippen LogP contribution in [0.3, 0.4) is 0 Å². The molecule has 4 nitrogen and oxygen atoms in total. The van der Waals surface area contributed by atoms with Crippen LogP contribution in [-0.4, -0.2) is 41.0 Å². The Morgan fingerprint density at radius 3 is 2.89 bits per heavy atom. The first kappa shape index (κ1) is 14.5. The molecule has 0 bridgehead atoms. The molecule has 0 aromatic carbocycles. The highest BCUT2D eigenvalue weighted by atomic mass is 32.1. The Labute approximate surface area is 119 Å². The Morgan fingerprint density at radius 2 is 2.37 bits per heavy atom. The standard InChI is InChI=1S/C14H23N3OS/c1-10(2)17(8-12-6-4-5-7-15-12)14(18)13-11(3)16-9-19-13/h9-10,12,15H,4-8H2,1-3H3. The number of hydrogen-bond donors (Lipinski definition) is 1. The molecule has 1 saturated heterocycles. The van der Waals surface area contributed by atoms with Gasteiger partial charge in [-0.1, -0.05) is 6.42 Å². The van der Waals surface area contributed by atoms with Crippen LogP contribution < -0.4 is 5.32 Å². The van der Waals surface area contributed by atoms with Crippen LogP contribution in [-0.2, 0) is 0 Å². The Balaban J connectivity index is 2.07. The average Bonchev–Trinajstić information content (AvgIpc) is 2.82. The van der Waals surface area contributed by atoms with Crippen molar-refractivity contribution in [3.63, 3.8) is 0 Å². The topological polar surface area (TPSA) is 45.2 Å². The normalized spacial score (nSPS) is 19.7. The van der Waals surface area contributed by atoms with Gasteiger partial charge in [0.1, 0.15) is 4.88 Å². The van der Waals surface area contributed by atoms with Crippen molar-refractivity contribution >= 4 is 17.2 Å². The molecule has 106 valence electrons. The van der Waals surface area contributed by atoms with Crippen LogP contribution in [0.25, 0.3) is 0 Å². The number of aryl methyl sites for hydroxylation is 1. The Bertz CT molecular complexity index is 424. The third kappa shape index (κ3) is 3.54. The third-order valence-electron chi connectivity index (χ3n) is 3.65. The van der Waals surface area contributed by atoms with E-state index in [4.69, 9.17) is 0 Å². The summed E-state index contributed by atoms with van der Waals surface area (Å²) in [6.45, 7) is 7.94. The number of thiazole rings is 1. The van der Waals surface area contributed by atoms with E-state index < -0.39 is 0 Å². The molecule has 1 aliphatic rings. The summed E-state index contributed by atoms with van der Waals surface area (Å²) in [6.07, 6.45) is 3.68. The van der Waals surface area contributed by atoms with Crippen LogP contribution in [0.5, 0.6) is 0 Å². The lowest BCUT2D eigenvalue weighted by atomic mass is 10.0. The smallest absolute Gasteiger partial charge is 0.266 e. The summed E-state index contributed by atoms with van der Waals surface area (Å²) in [4.78, 5) is 19.5. The summed E-state index contributed by atoms with van der Waals surface area (Å²) in [5, 5.41) is 3.51. The fourth-order valence-corrected chi connectivity index (χ4v) is 3.24. The quantitative estimate of drug-likeness (QED) is 0.922. The van der Waals surface area contributed by atoms with Crippen LogP contribution >= 0.6 is 11.3 Å². The fourth-order valence-electron chi connectivity index (χ4n) is 2.48. The molecule has 19 heavy (non-hydrogen) atoms. The Morgan fingerprint density at radius 1 is 1.58 bits per heavy atom. The maximum atomic E-state index is 12.6. The Kier molecular flexibility index (Phi) is 4.93. The van der Waals surface area contributed by atoms with Gasteiger partial charge in [-0.2, -0.15) is 0 Å². The second kappa shape index (κ2) is 6.48. The van der Waals surface area contributed by atoms with Crippen molar-refractivity contribution in [2.75, 3.05) is 13.1 Å². The van der Waals surface area contributed by atoms with Crippen molar-refractivity contribution in [3.8, 4) is 0 Å². The summed E-state index contributed by atoms with van der Waals surface area (Å²) >= 11 is 1.44. The molecular formula is C14H23N3OS. The summed E-state index contributed by atoms with van der Waals surface area (Å²) in [5.74, 6) is 0.127. The van der Waals surface area contributed by atoms with Gasteiger partial charge in [0.15, 0.2) is 0 Å². The van der Waals surface area contributed by atoms with Gasteiger partial charge in [0, 0.05) is 18.6 Å². The van der Waals surface area contributed by atoms with Crippen molar-refractivity contribution in [2.24, 2.45) is 0 Å². The molecule has 1 amide bonds. The largest absolute Gasteiger partial charge is 0.334 e. The minimum Gasteiger partial charge on any atom is -0.334 e. The molecule has 5 heteroatoms. The van der Waals surface area contributed by atoms with Crippen molar-refractivity contribution in [3.05, 3.63) is 16.1 Å². The lowest BCUT2D eigenvalue weighted by molar-refractivity contribution is 0.0681. The average molecular weight is 281 g/mol. The van der Waals surface area contributed by atoms with E-state index in [2.05, 4.69) is 24.1 Å². The van der Waals surface area contributed by atoms with Gasteiger partial charge in [-0.15, -0.1) is 11.3 Å². The summed E-state index contributed by atoms with van der Waals surface area (Å²) in [6, 6.07) is 0.658. The highest BCUT2D eigenvalue weighted by Crippen LogP contribution is 2.18. The van der Waals surface area contributed by atoms with Gasteiger partial charge in [-0.25, -0.2) is 4.98 Å². The molecule has 1 aliphatic heterocycles. The molecule has 0 saturated carbocycles. The molecule has 1 N–H and O–H groups in total. The predicted octanol–water partition coefficient (Wildman–Crippen LogP) is 2.44. The molecule has 1 fully saturated rings. The van der Waals surface area contributed by atoms with Gasteiger partial charge in [0.2, 0.25) is 0 Å². The number of piperidine rings is 1. The zero-order valence-electron chi connectivity index (χ0n) is 12.0. The molecule has 0 aliphatic carbocycles. The summed E-state index contributed by atoms with van der Waals surface area (Å²) in [5.41, 5.74) is 2.59. The Hall–Kier alpha value is -0.940. The van der Waals surface area contributed by atoms with Crippen molar-refractivity contribution in [2.45, 2.75) is 52.1 Å². The minimum atomic E-state index is 0.127. The molecule has 1 aromatic rings. The van der Waals surface area contributed by atoms with Gasteiger partial charge in [-0.3, -0.25) is 4.79 Å².